The van der Waals surface area contributed by atoms with E-state index in [0.29, 0.717) is 23.6 Å². The lowest BCUT2D eigenvalue weighted by molar-refractivity contribution is -0.129. The average Bonchev–Trinajstić information content (AvgIpc) is 3.01. The summed E-state index contributed by atoms with van der Waals surface area (Å²) in [6.45, 7) is 9.02. The second-order valence-corrected chi connectivity index (χ2v) is 6.02. The molecule has 0 aromatic carbocycles. The van der Waals surface area contributed by atoms with E-state index < -0.39 is 0 Å². The van der Waals surface area contributed by atoms with Crippen LogP contribution in [0, 0.1) is 5.92 Å². The van der Waals surface area contributed by atoms with Crippen molar-refractivity contribution in [3.63, 3.8) is 0 Å². The summed E-state index contributed by atoms with van der Waals surface area (Å²) in [4.78, 5) is 15.7. The second kappa shape index (κ2) is 6.52. The molecule has 0 radical (unpaired) electrons. The van der Waals surface area contributed by atoms with Crippen molar-refractivity contribution in [2.45, 2.75) is 52.2 Å². The predicted molar refractivity (Wildman–Crippen MR) is 80.9 cm³/mol. The van der Waals surface area contributed by atoms with E-state index in [1.54, 1.807) is 4.80 Å². The van der Waals surface area contributed by atoms with Gasteiger partial charge in [-0.15, -0.1) is 5.10 Å². The molecule has 1 fully saturated rings. The number of hydrogen-bond donors (Lipinski definition) is 0. The van der Waals surface area contributed by atoms with Gasteiger partial charge in [-0.1, -0.05) is 19.9 Å². The SMILES string of the molecule is C=CC(=O)N(Cc1nn(CC)nc1Br)C1CCCC1C. The smallest absolute Gasteiger partial charge is 0.246 e. The van der Waals surface area contributed by atoms with Crippen LogP contribution in [-0.2, 0) is 17.9 Å². The number of hydrogen-bond acceptors (Lipinski definition) is 3. The van der Waals surface area contributed by atoms with Gasteiger partial charge in [0.2, 0.25) is 5.91 Å². The van der Waals surface area contributed by atoms with Gasteiger partial charge in [0.25, 0.3) is 0 Å². The fraction of sp³-hybridized carbons (Fsp3) is 0.643. The number of amides is 1. The number of halogens is 1. The van der Waals surface area contributed by atoms with Crippen LogP contribution >= 0.6 is 15.9 Å². The van der Waals surface area contributed by atoms with Crippen molar-refractivity contribution in [1.82, 2.24) is 19.9 Å². The third-order valence-corrected chi connectivity index (χ3v) is 4.57. The van der Waals surface area contributed by atoms with Crippen LogP contribution in [0.1, 0.15) is 38.8 Å². The number of carbonyl (C=O) groups excluding carboxylic acids is 1. The first kappa shape index (κ1) is 15.2. The summed E-state index contributed by atoms with van der Waals surface area (Å²) < 4.78 is 0.715. The van der Waals surface area contributed by atoms with Gasteiger partial charge in [-0.25, -0.2) is 0 Å². The Bertz CT molecular complexity index is 499. The van der Waals surface area contributed by atoms with Gasteiger partial charge < -0.3 is 4.90 Å². The van der Waals surface area contributed by atoms with Crippen LogP contribution in [0.15, 0.2) is 17.3 Å². The maximum atomic E-state index is 12.2. The number of rotatable bonds is 5. The third-order valence-electron chi connectivity index (χ3n) is 3.95. The van der Waals surface area contributed by atoms with Gasteiger partial charge in [-0.3, -0.25) is 4.79 Å². The Balaban J connectivity index is 2.21. The Morgan fingerprint density at radius 1 is 1.55 bits per heavy atom. The van der Waals surface area contributed by atoms with Crippen molar-refractivity contribution in [2.24, 2.45) is 5.92 Å². The normalized spacial score (nSPS) is 21.9. The molecule has 0 aliphatic heterocycles. The van der Waals surface area contributed by atoms with Gasteiger partial charge >= 0.3 is 0 Å². The topological polar surface area (TPSA) is 51.0 Å². The molecular formula is C14H21BrN4O. The Labute approximate surface area is 128 Å². The molecule has 0 N–H and O–H groups in total. The molecule has 0 saturated heterocycles. The van der Waals surface area contributed by atoms with Crippen LogP contribution in [0.4, 0.5) is 0 Å². The van der Waals surface area contributed by atoms with Crippen LogP contribution in [0.25, 0.3) is 0 Å². The molecule has 1 aromatic rings. The predicted octanol–water partition coefficient (Wildman–Crippen LogP) is 2.76. The van der Waals surface area contributed by atoms with Gasteiger partial charge in [-0.2, -0.15) is 9.90 Å². The summed E-state index contributed by atoms with van der Waals surface area (Å²) >= 11 is 3.42. The zero-order valence-corrected chi connectivity index (χ0v) is 13.6. The average molecular weight is 341 g/mol. The molecule has 1 amide bonds. The first-order valence-electron chi connectivity index (χ1n) is 7.09. The first-order chi connectivity index (χ1) is 9.56. The maximum Gasteiger partial charge on any atom is 0.246 e. The number of aromatic nitrogens is 3. The van der Waals surface area contributed by atoms with E-state index >= 15 is 0 Å². The van der Waals surface area contributed by atoms with E-state index in [1.165, 1.54) is 18.9 Å². The molecule has 20 heavy (non-hydrogen) atoms. The van der Waals surface area contributed by atoms with Crippen LogP contribution in [0.2, 0.25) is 0 Å². The van der Waals surface area contributed by atoms with Crippen molar-refractivity contribution in [1.29, 1.82) is 0 Å². The molecule has 2 unspecified atom stereocenters. The molecule has 1 aliphatic rings. The standard InChI is InChI=1S/C14H21BrN4O/c1-4-13(20)18(12-8-6-7-10(12)3)9-11-14(15)17-19(5-2)16-11/h4,10,12H,1,5-9H2,2-3H3. The zero-order chi connectivity index (χ0) is 14.7. The van der Waals surface area contributed by atoms with E-state index in [4.69, 9.17) is 0 Å². The van der Waals surface area contributed by atoms with E-state index in [9.17, 15) is 4.79 Å². The molecule has 1 aromatic heterocycles. The highest BCUT2D eigenvalue weighted by Crippen LogP contribution is 2.31. The van der Waals surface area contributed by atoms with E-state index in [1.807, 2.05) is 11.8 Å². The van der Waals surface area contributed by atoms with Gasteiger partial charge in [0.15, 0.2) is 4.60 Å². The fourth-order valence-electron chi connectivity index (χ4n) is 2.83. The van der Waals surface area contributed by atoms with Crippen molar-refractivity contribution >= 4 is 21.8 Å². The monoisotopic (exact) mass is 340 g/mol. The molecule has 1 aliphatic carbocycles. The molecule has 2 atom stereocenters. The Morgan fingerprint density at radius 2 is 2.30 bits per heavy atom. The maximum absolute atomic E-state index is 12.2. The number of nitrogens with zero attached hydrogens (tertiary/aromatic N) is 4. The minimum Gasteiger partial charge on any atom is -0.330 e. The highest BCUT2D eigenvalue weighted by molar-refractivity contribution is 9.10. The van der Waals surface area contributed by atoms with Gasteiger partial charge in [0.1, 0.15) is 5.69 Å². The molecule has 1 heterocycles. The minimum absolute atomic E-state index is 0.0262. The first-order valence-corrected chi connectivity index (χ1v) is 7.88. The largest absolute Gasteiger partial charge is 0.330 e. The van der Waals surface area contributed by atoms with Crippen LogP contribution in [0.3, 0.4) is 0 Å². The number of aryl methyl sites for hydroxylation is 1. The van der Waals surface area contributed by atoms with Crippen molar-refractivity contribution in [3.8, 4) is 0 Å². The van der Waals surface area contributed by atoms with E-state index in [-0.39, 0.29) is 11.9 Å². The van der Waals surface area contributed by atoms with Crippen molar-refractivity contribution < 1.29 is 4.79 Å². The van der Waals surface area contributed by atoms with Crippen LogP contribution < -0.4 is 0 Å². The summed E-state index contributed by atoms with van der Waals surface area (Å²) in [5.74, 6) is 0.501. The van der Waals surface area contributed by atoms with Crippen molar-refractivity contribution in [3.05, 3.63) is 23.0 Å². The molecule has 5 nitrogen and oxygen atoms in total. The summed E-state index contributed by atoms with van der Waals surface area (Å²) in [5.41, 5.74) is 0.807. The van der Waals surface area contributed by atoms with E-state index in [0.717, 1.165) is 12.1 Å². The minimum atomic E-state index is -0.0262. The molecule has 6 heteroatoms. The summed E-state index contributed by atoms with van der Waals surface area (Å²) in [7, 11) is 0. The summed E-state index contributed by atoms with van der Waals surface area (Å²) in [6.07, 6.45) is 4.80. The van der Waals surface area contributed by atoms with Gasteiger partial charge in [-0.05, 0) is 47.7 Å². The second-order valence-electron chi connectivity index (χ2n) is 5.27. The van der Waals surface area contributed by atoms with Gasteiger partial charge in [0.05, 0.1) is 13.1 Å². The Kier molecular flexibility index (Phi) is 4.96. The van der Waals surface area contributed by atoms with Gasteiger partial charge in [0, 0.05) is 6.04 Å². The van der Waals surface area contributed by atoms with Crippen LogP contribution in [0.5, 0.6) is 0 Å². The molecule has 1 saturated carbocycles. The number of carbonyl (C=O) groups is 1. The lowest BCUT2D eigenvalue weighted by atomic mass is 10.0. The Morgan fingerprint density at radius 3 is 2.80 bits per heavy atom. The molecule has 0 spiro atoms. The van der Waals surface area contributed by atoms with E-state index in [2.05, 4.69) is 39.6 Å². The highest BCUT2D eigenvalue weighted by Gasteiger charge is 2.32. The molecule has 110 valence electrons. The van der Waals surface area contributed by atoms with Crippen molar-refractivity contribution in [2.75, 3.05) is 0 Å². The summed E-state index contributed by atoms with van der Waals surface area (Å²) in [5, 5.41) is 8.68. The third kappa shape index (κ3) is 3.11. The summed E-state index contributed by atoms with van der Waals surface area (Å²) in [6, 6.07) is 0.277. The quantitative estimate of drug-likeness (QED) is 0.774. The zero-order valence-electron chi connectivity index (χ0n) is 12.0. The lowest BCUT2D eigenvalue weighted by Crippen LogP contribution is -2.40. The Hall–Kier alpha value is -1.17. The lowest BCUT2D eigenvalue weighted by Gasteiger charge is -2.30. The molecular weight excluding hydrogens is 320 g/mol. The highest BCUT2D eigenvalue weighted by atomic mass is 79.9. The van der Waals surface area contributed by atoms with Crippen LogP contribution in [-0.4, -0.2) is 31.8 Å². The fourth-order valence-corrected chi connectivity index (χ4v) is 3.21. The molecule has 2 rings (SSSR count). The molecule has 0 bridgehead atoms.